The third kappa shape index (κ3) is 3.99. The van der Waals surface area contributed by atoms with Crippen molar-refractivity contribution in [2.75, 3.05) is 12.4 Å². The number of carbonyl (C=O) groups is 1. The summed E-state index contributed by atoms with van der Waals surface area (Å²) < 4.78 is 9.03. The Balaban J connectivity index is 1.29. The summed E-state index contributed by atoms with van der Waals surface area (Å²) in [5.41, 5.74) is 6.87. The van der Waals surface area contributed by atoms with Crippen molar-refractivity contribution in [1.29, 1.82) is 0 Å². The van der Waals surface area contributed by atoms with E-state index in [4.69, 9.17) is 4.74 Å². The van der Waals surface area contributed by atoms with Gasteiger partial charge in [-0.15, -0.1) is 5.10 Å². The first-order valence-corrected chi connectivity index (χ1v) is 10.6. The summed E-state index contributed by atoms with van der Waals surface area (Å²) in [7, 11) is 1.63. The van der Waals surface area contributed by atoms with Crippen molar-refractivity contribution in [2.45, 2.75) is 32.7 Å². The minimum atomic E-state index is -0.136. The van der Waals surface area contributed by atoms with E-state index in [0.717, 1.165) is 35.5 Å². The summed E-state index contributed by atoms with van der Waals surface area (Å²) >= 11 is 0. The molecule has 2 aromatic carbocycles. The quantitative estimate of drug-likeness (QED) is 0.507. The molecule has 32 heavy (non-hydrogen) atoms. The summed E-state index contributed by atoms with van der Waals surface area (Å²) in [6.07, 6.45) is 8.84. The van der Waals surface area contributed by atoms with Crippen LogP contribution in [0.4, 0.5) is 5.69 Å². The number of fused-ring (bicyclic) bond motifs is 1. The number of benzene rings is 2. The second-order valence-electron chi connectivity index (χ2n) is 8.00. The fourth-order valence-electron chi connectivity index (χ4n) is 4.11. The molecule has 162 valence electrons. The van der Waals surface area contributed by atoms with Crippen molar-refractivity contribution < 1.29 is 9.53 Å². The molecule has 8 nitrogen and oxygen atoms in total. The molecule has 1 amide bonds. The second kappa shape index (κ2) is 8.30. The summed E-state index contributed by atoms with van der Waals surface area (Å²) in [5, 5.41) is 11.3. The number of amides is 1. The first-order chi connectivity index (χ1) is 15.6. The SMILES string of the molecule is COc1cc(-c2cn(CC(=O)Nc3ccc4c(c3)CCC4)nn2)ccc1-n1cnc(C)c1. The molecule has 0 spiro atoms. The van der Waals surface area contributed by atoms with E-state index < -0.39 is 0 Å². The topological polar surface area (TPSA) is 86.9 Å². The lowest BCUT2D eigenvalue weighted by atomic mass is 10.1. The molecule has 0 saturated carbocycles. The molecule has 1 aliphatic rings. The van der Waals surface area contributed by atoms with Crippen molar-refractivity contribution in [2.24, 2.45) is 0 Å². The minimum Gasteiger partial charge on any atom is -0.495 e. The Labute approximate surface area is 185 Å². The number of methoxy groups -OCH3 is 1. The van der Waals surface area contributed by atoms with Crippen molar-refractivity contribution in [3.8, 4) is 22.7 Å². The molecule has 0 bridgehead atoms. The highest BCUT2D eigenvalue weighted by molar-refractivity contribution is 5.90. The highest BCUT2D eigenvalue weighted by Crippen LogP contribution is 2.29. The lowest BCUT2D eigenvalue weighted by molar-refractivity contribution is -0.116. The fourth-order valence-corrected chi connectivity index (χ4v) is 4.11. The highest BCUT2D eigenvalue weighted by Gasteiger charge is 2.14. The molecule has 1 N–H and O–H groups in total. The molecule has 0 fully saturated rings. The van der Waals surface area contributed by atoms with Gasteiger partial charge in [-0.05, 0) is 61.6 Å². The average molecular weight is 428 g/mol. The lowest BCUT2D eigenvalue weighted by Crippen LogP contribution is -2.19. The predicted octanol–water partition coefficient (Wildman–Crippen LogP) is 3.58. The molecule has 8 heteroatoms. The molecule has 0 atom stereocenters. The smallest absolute Gasteiger partial charge is 0.246 e. The van der Waals surface area contributed by atoms with Crippen LogP contribution in [-0.4, -0.2) is 37.6 Å². The number of aryl methyl sites for hydroxylation is 3. The van der Waals surface area contributed by atoms with E-state index in [-0.39, 0.29) is 12.5 Å². The van der Waals surface area contributed by atoms with Crippen LogP contribution in [0.5, 0.6) is 5.75 Å². The van der Waals surface area contributed by atoms with Gasteiger partial charge in [0.05, 0.1) is 31.0 Å². The van der Waals surface area contributed by atoms with Gasteiger partial charge in [-0.3, -0.25) is 4.79 Å². The van der Waals surface area contributed by atoms with Gasteiger partial charge in [0, 0.05) is 17.4 Å². The first kappa shape index (κ1) is 20.0. The van der Waals surface area contributed by atoms with Crippen LogP contribution in [0, 0.1) is 6.92 Å². The van der Waals surface area contributed by atoms with Gasteiger partial charge in [0.25, 0.3) is 0 Å². The Bertz CT molecular complexity index is 1290. The number of carbonyl (C=O) groups excluding carboxylic acids is 1. The number of nitrogens with one attached hydrogen (secondary N) is 1. The van der Waals surface area contributed by atoms with Crippen LogP contribution in [0.3, 0.4) is 0 Å². The zero-order valence-corrected chi connectivity index (χ0v) is 18.1. The van der Waals surface area contributed by atoms with Crippen LogP contribution in [-0.2, 0) is 24.2 Å². The van der Waals surface area contributed by atoms with E-state index in [0.29, 0.717) is 11.4 Å². The average Bonchev–Trinajstić information content (AvgIpc) is 3.54. The molecule has 0 saturated heterocycles. The minimum absolute atomic E-state index is 0.0909. The van der Waals surface area contributed by atoms with Crippen LogP contribution >= 0.6 is 0 Å². The van der Waals surface area contributed by atoms with Gasteiger partial charge in [-0.1, -0.05) is 17.3 Å². The standard InChI is InChI=1S/C24H24N6O2/c1-16-12-29(15-25-16)22-9-7-19(11-23(22)32-2)21-13-30(28-27-21)14-24(31)26-20-8-6-17-4-3-5-18(17)10-20/h6-13,15H,3-5,14H2,1-2H3,(H,26,31). The van der Waals surface area contributed by atoms with Crippen LogP contribution < -0.4 is 10.1 Å². The summed E-state index contributed by atoms with van der Waals surface area (Å²) in [5.74, 6) is 0.562. The van der Waals surface area contributed by atoms with Crippen LogP contribution in [0.1, 0.15) is 23.2 Å². The van der Waals surface area contributed by atoms with E-state index in [1.807, 2.05) is 42.0 Å². The Morgan fingerprint density at radius 1 is 1.12 bits per heavy atom. The molecular weight excluding hydrogens is 404 g/mol. The molecule has 2 aromatic heterocycles. The summed E-state index contributed by atoms with van der Waals surface area (Å²) in [6, 6.07) is 11.9. The van der Waals surface area contributed by atoms with Gasteiger partial charge >= 0.3 is 0 Å². The number of hydrogen-bond acceptors (Lipinski definition) is 5. The molecule has 5 rings (SSSR count). The predicted molar refractivity (Wildman–Crippen MR) is 121 cm³/mol. The van der Waals surface area contributed by atoms with Gasteiger partial charge in [-0.25, -0.2) is 9.67 Å². The molecule has 4 aromatic rings. The summed E-state index contributed by atoms with van der Waals surface area (Å²) in [6.45, 7) is 2.03. The van der Waals surface area contributed by atoms with Crippen LogP contribution in [0.25, 0.3) is 16.9 Å². The molecular formula is C24H24N6O2. The Kier molecular flexibility index (Phi) is 5.18. The van der Waals surface area contributed by atoms with E-state index in [1.54, 1.807) is 19.6 Å². The molecule has 0 unspecified atom stereocenters. The van der Waals surface area contributed by atoms with Crippen molar-refractivity contribution in [3.05, 3.63) is 71.9 Å². The Morgan fingerprint density at radius 2 is 2.00 bits per heavy atom. The largest absolute Gasteiger partial charge is 0.495 e. The van der Waals surface area contributed by atoms with E-state index >= 15 is 0 Å². The lowest BCUT2D eigenvalue weighted by Gasteiger charge is -2.10. The normalized spacial score (nSPS) is 12.6. The van der Waals surface area contributed by atoms with Gasteiger partial charge in [0.2, 0.25) is 5.91 Å². The van der Waals surface area contributed by atoms with Gasteiger partial charge in [-0.2, -0.15) is 0 Å². The van der Waals surface area contributed by atoms with Crippen molar-refractivity contribution >= 4 is 11.6 Å². The van der Waals surface area contributed by atoms with Gasteiger partial charge < -0.3 is 14.6 Å². The van der Waals surface area contributed by atoms with Crippen molar-refractivity contribution in [3.63, 3.8) is 0 Å². The Hall–Kier alpha value is -3.94. The third-order valence-corrected chi connectivity index (χ3v) is 5.69. The van der Waals surface area contributed by atoms with E-state index in [2.05, 4.69) is 32.7 Å². The first-order valence-electron chi connectivity index (χ1n) is 10.6. The Morgan fingerprint density at radius 3 is 2.81 bits per heavy atom. The zero-order valence-electron chi connectivity index (χ0n) is 18.1. The monoisotopic (exact) mass is 428 g/mol. The van der Waals surface area contributed by atoms with Crippen LogP contribution in [0.15, 0.2) is 55.1 Å². The second-order valence-corrected chi connectivity index (χ2v) is 8.00. The maximum atomic E-state index is 12.5. The zero-order chi connectivity index (χ0) is 22.1. The van der Waals surface area contributed by atoms with E-state index in [1.165, 1.54) is 22.2 Å². The number of imidazole rings is 1. The van der Waals surface area contributed by atoms with Crippen LogP contribution in [0.2, 0.25) is 0 Å². The number of ether oxygens (including phenoxy) is 1. The number of rotatable bonds is 6. The maximum Gasteiger partial charge on any atom is 0.246 e. The molecule has 2 heterocycles. The molecule has 0 radical (unpaired) electrons. The number of anilines is 1. The molecule has 1 aliphatic carbocycles. The summed E-state index contributed by atoms with van der Waals surface area (Å²) in [4.78, 5) is 16.8. The van der Waals surface area contributed by atoms with Gasteiger partial charge in [0.15, 0.2) is 0 Å². The number of hydrogen-bond donors (Lipinski definition) is 1. The third-order valence-electron chi connectivity index (χ3n) is 5.69. The van der Waals surface area contributed by atoms with Gasteiger partial charge in [0.1, 0.15) is 18.0 Å². The van der Waals surface area contributed by atoms with E-state index in [9.17, 15) is 4.79 Å². The highest BCUT2D eigenvalue weighted by atomic mass is 16.5. The molecule has 0 aliphatic heterocycles. The fraction of sp³-hybridized carbons (Fsp3) is 0.250. The number of aromatic nitrogens is 5. The number of nitrogens with zero attached hydrogens (tertiary/aromatic N) is 5. The van der Waals surface area contributed by atoms with Crippen molar-refractivity contribution in [1.82, 2.24) is 24.5 Å². The maximum absolute atomic E-state index is 12.5.